The van der Waals surface area contributed by atoms with E-state index in [2.05, 4.69) is 0 Å². The van der Waals surface area contributed by atoms with Gasteiger partial charge in [0.15, 0.2) is 0 Å². The van der Waals surface area contributed by atoms with Crippen molar-refractivity contribution in [3.8, 4) is 0 Å². The molecule has 0 aromatic heterocycles. The van der Waals surface area contributed by atoms with Crippen molar-refractivity contribution in [2.24, 2.45) is 0 Å². The number of nitrogens with two attached hydrogens (primary N) is 1. The minimum absolute atomic E-state index is 0.246. The molecule has 0 bridgehead atoms. The zero-order valence-corrected chi connectivity index (χ0v) is 7.46. The Labute approximate surface area is 66.2 Å². The van der Waals surface area contributed by atoms with Gasteiger partial charge in [0.1, 0.15) is 0 Å². The Hall–Kier alpha value is 0.500. The predicted molar refractivity (Wildman–Crippen MR) is 38.5 cm³/mol. The maximum absolute atomic E-state index is 10.0. The molecule has 0 aliphatic rings. The highest BCUT2D eigenvalue weighted by molar-refractivity contribution is 6.46. The summed E-state index contributed by atoms with van der Waals surface area (Å²) in [5.41, 5.74) is 0. The Morgan fingerprint density at radius 1 is 1.44 bits per heavy atom. The van der Waals surface area contributed by atoms with Crippen LogP contribution in [0.15, 0.2) is 0 Å². The standard InChI is InChI=1S/C3H5Cl2O.C2H7N/c1-2-3(4,5)6;1-3-2/h2H2,1H3;3H,1-2H3/q-1;/p+1. The maximum atomic E-state index is 10.0. The fourth-order valence-corrected chi connectivity index (χ4v) is 0. The number of hydrogen-bond acceptors (Lipinski definition) is 1. The van der Waals surface area contributed by atoms with E-state index in [1.807, 2.05) is 19.4 Å². The summed E-state index contributed by atoms with van der Waals surface area (Å²) < 4.78 is -1.76. The molecule has 0 saturated carbocycles. The van der Waals surface area contributed by atoms with Crippen molar-refractivity contribution >= 4 is 23.2 Å². The summed E-state index contributed by atoms with van der Waals surface area (Å²) in [6.45, 7) is 1.63. The fraction of sp³-hybridized carbons (Fsp3) is 1.00. The van der Waals surface area contributed by atoms with E-state index in [0.29, 0.717) is 0 Å². The monoisotopic (exact) mass is 173 g/mol. The van der Waals surface area contributed by atoms with Crippen LogP contribution in [0, 0.1) is 0 Å². The average molecular weight is 174 g/mol. The van der Waals surface area contributed by atoms with Gasteiger partial charge in [-0.1, -0.05) is 6.92 Å². The van der Waals surface area contributed by atoms with Crippen molar-refractivity contribution in [3.05, 3.63) is 0 Å². The third-order valence-electron chi connectivity index (χ3n) is 0.412. The molecule has 0 unspecified atom stereocenters. The highest BCUT2D eigenvalue weighted by Crippen LogP contribution is 2.14. The molecule has 0 aliphatic heterocycles. The normalized spacial score (nSPS) is 10.0. The molecule has 2 N–H and O–H groups in total. The van der Waals surface area contributed by atoms with E-state index in [4.69, 9.17) is 23.2 Å². The molecule has 0 atom stereocenters. The third-order valence-corrected chi connectivity index (χ3v) is 0.946. The lowest BCUT2D eigenvalue weighted by Gasteiger charge is -2.21. The second-order valence-corrected chi connectivity index (χ2v) is 2.98. The minimum atomic E-state index is -1.76. The van der Waals surface area contributed by atoms with E-state index in [1.54, 1.807) is 6.92 Å². The summed E-state index contributed by atoms with van der Waals surface area (Å²) in [7, 11) is 4.00. The summed E-state index contributed by atoms with van der Waals surface area (Å²) in [4.78, 5) is 0. The van der Waals surface area contributed by atoms with E-state index in [1.165, 1.54) is 0 Å². The Morgan fingerprint density at radius 2 is 1.56 bits per heavy atom. The molecule has 0 amide bonds. The van der Waals surface area contributed by atoms with E-state index in [-0.39, 0.29) is 6.42 Å². The first-order valence-corrected chi connectivity index (χ1v) is 3.55. The van der Waals surface area contributed by atoms with Gasteiger partial charge in [-0.05, 0) is 6.42 Å². The molecule has 0 heterocycles. The molecule has 0 aliphatic carbocycles. The van der Waals surface area contributed by atoms with E-state index < -0.39 is 4.52 Å². The van der Waals surface area contributed by atoms with Crippen LogP contribution in [-0.2, 0) is 0 Å². The SMILES string of the molecule is CCC([O-])(Cl)Cl.C[NH2+]C. The van der Waals surface area contributed by atoms with Gasteiger partial charge in [-0.25, -0.2) is 0 Å². The fourth-order valence-electron chi connectivity index (χ4n) is 0. The summed E-state index contributed by atoms with van der Waals surface area (Å²) in [6.07, 6.45) is 0.246. The number of hydrogen-bond donors (Lipinski definition) is 1. The molecule has 0 radical (unpaired) electrons. The van der Waals surface area contributed by atoms with Crippen LogP contribution in [-0.4, -0.2) is 18.6 Å². The predicted octanol–water partition coefficient (Wildman–Crippen LogP) is -0.302. The molecular formula is C5H13Cl2NO. The van der Waals surface area contributed by atoms with Crippen molar-refractivity contribution in [2.75, 3.05) is 14.1 Å². The highest BCUT2D eigenvalue weighted by Gasteiger charge is 1.99. The van der Waals surface area contributed by atoms with E-state index >= 15 is 0 Å². The van der Waals surface area contributed by atoms with Crippen molar-refractivity contribution in [3.63, 3.8) is 0 Å². The molecule has 0 rings (SSSR count). The lowest BCUT2D eigenvalue weighted by atomic mass is 10.5. The molecule has 0 saturated heterocycles. The van der Waals surface area contributed by atoms with Gasteiger partial charge in [0.25, 0.3) is 0 Å². The zero-order chi connectivity index (χ0) is 7.91. The summed E-state index contributed by atoms with van der Waals surface area (Å²) in [5.74, 6) is 0. The van der Waals surface area contributed by atoms with Gasteiger partial charge in [-0.15, -0.1) is 23.2 Å². The third kappa shape index (κ3) is 29.3. The Bertz CT molecular complexity index is 53.4. The molecule has 0 aromatic carbocycles. The van der Waals surface area contributed by atoms with Crippen LogP contribution in [0.2, 0.25) is 0 Å². The van der Waals surface area contributed by atoms with Gasteiger partial charge in [-0.3, -0.25) is 0 Å². The first-order chi connectivity index (χ1) is 3.97. The average Bonchev–Trinajstić information content (AvgIpc) is 1.67. The minimum Gasteiger partial charge on any atom is -0.826 e. The molecular weight excluding hydrogens is 161 g/mol. The lowest BCUT2D eigenvalue weighted by molar-refractivity contribution is -0.597. The van der Waals surface area contributed by atoms with Gasteiger partial charge in [0.2, 0.25) is 0 Å². The number of rotatable bonds is 1. The smallest absolute Gasteiger partial charge is 0.0647 e. The molecule has 0 spiro atoms. The van der Waals surface area contributed by atoms with E-state index in [9.17, 15) is 5.11 Å². The quantitative estimate of drug-likeness (QED) is 0.544. The summed E-state index contributed by atoms with van der Waals surface area (Å²) >= 11 is 9.85. The number of halogens is 2. The zero-order valence-electron chi connectivity index (χ0n) is 5.95. The molecule has 0 fully saturated rings. The van der Waals surface area contributed by atoms with Crippen molar-refractivity contribution in [1.82, 2.24) is 0 Å². The van der Waals surface area contributed by atoms with E-state index in [0.717, 1.165) is 0 Å². The second kappa shape index (κ2) is 6.62. The van der Waals surface area contributed by atoms with Crippen molar-refractivity contribution in [2.45, 2.75) is 17.9 Å². The van der Waals surface area contributed by atoms with Gasteiger partial charge >= 0.3 is 0 Å². The Balaban J connectivity index is 0. The van der Waals surface area contributed by atoms with Gasteiger partial charge in [-0.2, -0.15) is 0 Å². The van der Waals surface area contributed by atoms with Crippen LogP contribution >= 0.6 is 23.2 Å². The molecule has 2 nitrogen and oxygen atoms in total. The second-order valence-electron chi connectivity index (χ2n) is 1.57. The Morgan fingerprint density at radius 3 is 1.56 bits per heavy atom. The van der Waals surface area contributed by atoms with Crippen molar-refractivity contribution in [1.29, 1.82) is 0 Å². The molecule has 0 aromatic rings. The largest absolute Gasteiger partial charge is 0.826 e. The molecule has 4 heteroatoms. The molecule has 58 valence electrons. The summed E-state index contributed by atoms with van der Waals surface area (Å²) in [5, 5.41) is 12.0. The van der Waals surface area contributed by atoms with Crippen LogP contribution in [0.5, 0.6) is 0 Å². The number of alkyl halides is 2. The van der Waals surface area contributed by atoms with Gasteiger partial charge in [0, 0.05) is 4.52 Å². The maximum Gasteiger partial charge on any atom is 0.0647 e. The molecule has 9 heavy (non-hydrogen) atoms. The number of quaternary nitrogens is 1. The topological polar surface area (TPSA) is 39.7 Å². The van der Waals surface area contributed by atoms with Crippen LogP contribution in [0.25, 0.3) is 0 Å². The Kier molecular flexibility index (Phi) is 8.97. The van der Waals surface area contributed by atoms with Crippen LogP contribution in [0.4, 0.5) is 0 Å². The van der Waals surface area contributed by atoms with Crippen LogP contribution < -0.4 is 10.4 Å². The summed E-state index contributed by atoms with van der Waals surface area (Å²) in [6, 6.07) is 0. The van der Waals surface area contributed by atoms with Crippen molar-refractivity contribution < 1.29 is 10.4 Å². The van der Waals surface area contributed by atoms with Crippen LogP contribution in [0.1, 0.15) is 13.3 Å². The van der Waals surface area contributed by atoms with Gasteiger partial charge < -0.3 is 10.4 Å². The first-order valence-electron chi connectivity index (χ1n) is 2.80. The lowest BCUT2D eigenvalue weighted by Crippen LogP contribution is -2.74. The highest BCUT2D eigenvalue weighted by atomic mass is 35.5. The van der Waals surface area contributed by atoms with Gasteiger partial charge in [0.05, 0.1) is 14.1 Å². The first kappa shape index (κ1) is 12.2. The van der Waals surface area contributed by atoms with Crippen LogP contribution in [0.3, 0.4) is 0 Å².